The molecule has 0 rings (SSSR count). The zero-order valence-corrected chi connectivity index (χ0v) is 8.75. The van der Waals surface area contributed by atoms with Gasteiger partial charge >= 0.3 is 5.97 Å². The van der Waals surface area contributed by atoms with Gasteiger partial charge in [-0.05, 0) is 6.42 Å². The monoisotopic (exact) mass is 222 g/mol. The van der Waals surface area contributed by atoms with Gasteiger partial charge in [0, 0.05) is 0 Å². The summed E-state index contributed by atoms with van der Waals surface area (Å²) in [4.78, 5) is 10.5. The SMILES string of the molecule is C=C(C(=O)O)C(CCCC)S(=O)(=O)O. The minimum absolute atomic E-state index is 0.0838. The molecule has 0 spiro atoms. The second-order valence-corrected chi connectivity index (χ2v) is 4.58. The van der Waals surface area contributed by atoms with Crippen molar-refractivity contribution in [2.45, 2.75) is 31.4 Å². The van der Waals surface area contributed by atoms with E-state index < -0.39 is 26.9 Å². The first kappa shape index (κ1) is 13.1. The molecule has 0 aromatic carbocycles. The number of rotatable bonds is 6. The van der Waals surface area contributed by atoms with Gasteiger partial charge in [0.1, 0.15) is 5.25 Å². The fourth-order valence-corrected chi connectivity index (χ4v) is 1.96. The Labute approximate surface area is 83.2 Å². The van der Waals surface area contributed by atoms with Crippen LogP contribution >= 0.6 is 0 Å². The maximum absolute atomic E-state index is 10.8. The predicted molar refractivity (Wildman–Crippen MR) is 51.6 cm³/mol. The molecule has 0 bridgehead atoms. The number of carboxylic acid groups (broad SMARTS) is 1. The lowest BCUT2D eigenvalue weighted by Crippen LogP contribution is -2.26. The summed E-state index contributed by atoms with van der Waals surface area (Å²) in [5.41, 5.74) is -0.485. The Kier molecular flexibility index (Phi) is 4.79. The largest absolute Gasteiger partial charge is 0.478 e. The van der Waals surface area contributed by atoms with E-state index in [4.69, 9.17) is 9.66 Å². The van der Waals surface area contributed by atoms with Crippen LogP contribution in [0.25, 0.3) is 0 Å². The lowest BCUT2D eigenvalue weighted by atomic mass is 10.1. The van der Waals surface area contributed by atoms with Crippen molar-refractivity contribution in [1.82, 2.24) is 0 Å². The van der Waals surface area contributed by atoms with Crippen molar-refractivity contribution in [2.24, 2.45) is 0 Å². The van der Waals surface area contributed by atoms with Crippen molar-refractivity contribution in [2.75, 3.05) is 0 Å². The van der Waals surface area contributed by atoms with Crippen LogP contribution in [-0.2, 0) is 14.9 Å². The van der Waals surface area contributed by atoms with Crippen LogP contribution in [0.2, 0.25) is 0 Å². The lowest BCUT2D eigenvalue weighted by Gasteiger charge is -2.12. The minimum Gasteiger partial charge on any atom is -0.478 e. The molecular weight excluding hydrogens is 208 g/mol. The third-order valence-corrected chi connectivity index (χ3v) is 3.08. The molecule has 2 N–H and O–H groups in total. The normalized spacial score (nSPS) is 13.6. The van der Waals surface area contributed by atoms with Crippen LogP contribution < -0.4 is 0 Å². The first-order chi connectivity index (χ1) is 6.30. The Morgan fingerprint density at radius 1 is 1.50 bits per heavy atom. The van der Waals surface area contributed by atoms with Gasteiger partial charge in [-0.25, -0.2) is 4.79 Å². The molecule has 1 unspecified atom stereocenters. The zero-order chi connectivity index (χ0) is 11.4. The molecule has 14 heavy (non-hydrogen) atoms. The smallest absolute Gasteiger partial charge is 0.332 e. The summed E-state index contributed by atoms with van der Waals surface area (Å²) in [6.45, 7) is 4.97. The van der Waals surface area contributed by atoms with Crippen LogP contribution in [0.1, 0.15) is 26.2 Å². The number of carboxylic acids is 1. The number of carbonyl (C=O) groups is 1. The van der Waals surface area contributed by atoms with Crippen LogP contribution in [0.3, 0.4) is 0 Å². The number of hydrogen-bond acceptors (Lipinski definition) is 3. The van der Waals surface area contributed by atoms with Crippen molar-refractivity contribution in [1.29, 1.82) is 0 Å². The molecule has 0 saturated carbocycles. The van der Waals surface area contributed by atoms with E-state index in [2.05, 4.69) is 6.58 Å². The molecule has 0 amide bonds. The second kappa shape index (κ2) is 5.11. The first-order valence-corrected chi connectivity index (χ1v) is 5.69. The van der Waals surface area contributed by atoms with E-state index in [9.17, 15) is 13.2 Å². The Morgan fingerprint density at radius 2 is 2.00 bits per heavy atom. The number of unbranched alkanes of at least 4 members (excludes halogenated alkanes) is 1. The van der Waals surface area contributed by atoms with Crippen molar-refractivity contribution in [3.05, 3.63) is 12.2 Å². The average Bonchev–Trinajstić information content (AvgIpc) is 2.02. The van der Waals surface area contributed by atoms with Crippen LogP contribution in [0.15, 0.2) is 12.2 Å². The summed E-state index contributed by atoms with van der Waals surface area (Å²) in [5, 5.41) is 7.15. The fraction of sp³-hybridized carbons (Fsp3) is 0.625. The van der Waals surface area contributed by atoms with Gasteiger partial charge in [-0.2, -0.15) is 8.42 Å². The maximum Gasteiger partial charge on any atom is 0.332 e. The van der Waals surface area contributed by atoms with Gasteiger partial charge in [-0.3, -0.25) is 4.55 Å². The van der Waals surface area contributed by atoms with E-state index >= 15 is 0 Å². The van der Waals surface area contributed by atoms with Gasteiger partial charge < -0.3 is 5.11 Å². The van der Waals surface area contributed by atoms with Crippen LogP contribution in [0.5, 0.6) is 0 Å². The highest BCUT2D eigenvalue weighted by Gasteiger charge is 2.29. The Bertz CT molecular complexity index is 317. The molecule has 0 heterocycles. The molecule has 0 aliphatic heterocycles. The van der Waals surface area contributed by atoms with Crippen LogP contribution in [0, 0.1) is 0 Å². The molecule has 0 aromatic heterocycles. The summed E-state index contributed by atoms with van der Waals surface area (Å²) in [7, 11) is -4.36. The van der Waals surface area contributed by atoms with Gasteiger partial charge in [0.15, 0.2) is 0 Å². The molecule has 5 nitrogen and oxygen atoms in total. The molecular formula is C8H14O5S. The van der Waals surface area contributed by atoms with Gasteiger partial charge in [0.2, 0.25) is 0 Å². The fourth-order valence-electron chi connectivity index (χ4n) is 1.03. The van der Waals surface area contributed by atoms with Crippen LogP contribution in [-0.4, -0.2) is 29.3 Å². The van der Waals surface area contributed by atoms with E-state index in [-0.39, 0.29) is 6.42 Å². The first-order valence-electron chi connectivity index (χ1n) is 4.19. The summed E-state index contributed by atoms with van der Waals surface area (Å²) < 4.78 is 30.4. The molecule has 82 valence electrons. The topological polar surface area (TPSA) is 91.7 Å². The average molecular weight is 222 g/mol. The van der Waals surface area contributed by atoms with Gasteiger partial charge in [0.25, 0.3) is 10.1 Å². The van der Waals surface area contributed by atoms with Crippen LogP contribution in [0.4, 0.5) is 0 Å². The zero-order valence-electron chi connectivity index (χ0n) is 7.93. The van der Waals surface area contributed by atoms with Crippen molar-refractivity contribution >= 4 is 16.1 Å². The van der Waals surface area contributed by atoms with Crippen molar-refractivity contribution in [3.63, 3.8) is 0 Å². The number of aliphatic carboxylic acids is 1. The maximum atomic E-state index is 10.8. The molecule has 0 radical (unpaired) electrons. The second-order valence-electron chi connectivity index (χ2n) is 2.98. The molecule has 0 aromatic rings. The van der Waals surface area contributed by atoms with Gasteiger partial charge in [-0.1, -0.05) is 26.3 Å². The van der Waals surface area contributed by atoms with E-state index in [1.165, 1.54) is 0 Å². The summed E-state index contributed by atoms with van der Waals surface area (Å²) in [6.07, 6.45) is 1.33. The highest BCUT2D eigenvalue weighted by Crippen LogP contribution is 2.16. The van der Waals surface area contributed by atoms with Crippen molar-refractivity contribution in [3.8, 4) is 0 Å². The highest BCUT2D eigenvalue weighted by molar-refractivity contribution is 7.86. The lowest BCUT2D eigenvalue weighted by molar-refractivity contribution is -0.132. The van der Waals surface area contributed by atoms with E-state index in [0.717, 1.165) is 6.42 Å². The third-order valence-electron chi connectivity index (χ3n) is 1.84. The molecule has 0 aliphatic carbocycles. The molecule has 1 atom stereocenters. The third kappa shape index (κ3) is 3.89. The Hall–Kier alpha value is -0.880. The minimum atomic E-state index is -4.36. The summed E-state index contributed by atoms with van der Waals surface area (Å²) in [6, 6.07) is 0. The Balaban J connectivity index is 4.74. The predicted octanol–water partition coefficient (Wildman–Crippen LogP) is 1.07. The van der Waals surface area contributed by atoms with Gasteiger partial charge in [-0.15, -0.1) is 0 Å². The summed E-state index contributed by atoms with van der Waals surface area (Å²) in [5.74, 6) is -1.40. The summed E-state index contributed by atoms with van der Waals surface area (Å²) >= 11 is 0. The Morgan fingerprint density at radius 3 is 2.29 bits per heavy atom. The van der Waals surface area contributed by atoms with Gasteiger partial charge in [0.05, 0.1) is 5.57 Å². The van der Waals surface area contributed by atoms with E-state index in [1.807, 2.05) is 6.92 Å². The molecule has 0 fully saturated rings. The molecule has 0 saturated heterocycles. The molecule has 6 heteroatoms. The highest BCUT2D eigenvalue weighted by atomic mass is 32.2. The quantitative estimate of drug-likeness (QED) is 0.518. The number of hydrogen-bond donors (Lipinski definition) is 2. The van der Waals surface area contributed by atoms with E-state index in [0.29, 0.717) is 6.42 Å². The van der Waals surface area contributed by atoms with Crippen molar-refractivity contribution < 1.29 is 22.9 Å². The molecule has 0 aliphatic rings. The standard InChI is InChI=1S/C8H14O5S/c1-3-4-5-7(14(11,12)13)6(2)8(9)10/h7H,2-5H2,1H3,(H,9,10)(H,11,12,13). The van der Waals surface area contributed by atoms with E-state index in [1.54, 1.807) is 0 Å².